The quantitative estimate of drug-likeness (QED) is 0.00965. The molecule has 0 radical (unpaired) electrons. The van der Waals surface area contributed by atoms with Crippen molar-refractivity contribution >= 4 is 149 Å². The number of hydrogen-bond donors (Lipinski definition) is 9. The average Bonchev–Trinajstić information content (AvgIpc) is 0.803. The summed E-state index contributed by atoms with van der Waals surface area (Å²) in [7, 11) is -107. The number of nitriles is 1. The van der Waals surface area contributed by atoms with Gasteiger partial charge in [0.1, 0.15) is 25.6 Å². The third kappa shape index (κ3) is 120. The molecule has 758 valence electrons. The van der Waals surface area contributed by atoms with Crippen LogP contribution in [0, 0.1) is 48.4 Å². The van der Waals surface area contributed by atoms with Crippen molar-refractivity contribution < 1.29 is 290 Å². The lowest BCUT2D eigenvalue weighted by Gasteiger charge is -2.24. The molecule has 0 amide bonds. The van der Waals surface area contributed by atoms with Crippen molar-refractivity contribution in [3.05, 3.63) is 68.3 Å². The molecule has 11 unspecified atom stereocenters. The minimum Gasteiger partial charge on any atom is -0.775 e. The van der Waals surface area contributed by atoms with E-state index in [0.717, 1.165) is 27.9 Å². The fourth-order valence-electron chi connectivity index (χ4n) is 3.76. The molecule has 0 bridgehead atoms. The van der Waals surface area contributed by atoms with Crippen LogP contribution in [0.5, 0.6) is 5.75 Å². The summed E-state index contributed by atoms with van der Waals surface area (Å²) in [5.41, 5.74) is 0. The summed E-state index contributed by atoms with van der Waals surface area (Å²) < 4.78 is 651. The first kappa shape index (κ1) is 143. The van der Waals surface area contributed by atoms with Crippen molar-refractivity contribution in [1.29, 1.82) is 5.26 Å². The minimum atomic E-state index is -6.77. The molecule has 0 fully saturated rings. The van der Waals surface area contributed by atoms with Gasteiger partial charge in [0, 0.05) is 6.66 Å². The number of alkyl halides is 9. The van der Waals surface area contributed by atoms with Gasteiger partial charge in [0.2, 0.25) is 0 Å². The fraction of sp³-hybridized carbons (Fsp3) is 0.424. The molecule has 11 atom stereocenters. The first-order valence-electron chi connectivity index (χ1n) is 27.3. The van der Waals surface area contributed by atoms with E-state index in [9.17, 15) is 226 Å². The molecule has 0 heterocycles. The highest BCUT2D eigenvalue weighted by Crippen LogP contribution is 2.66. The topological polar surface area (TPSA) is 572 Å². The molecule has 0 aromatic heterocycles. The van der Waals surface area contributed by atoms with Crippen LogP contribution in [0.25, 0.3) is 0 Å². The molecule has 0 aliphatic carbocycles. The largest absolute Gasteiger partial charge is 0.775 e. The van der Waals surface area contributed by atoms with Crippen LogP contribution in [0.15, 0.2) is 68.3 Å². The number of nitrogens with zero attached hydrogens (tertiary/aromatic N) is 1. The maximum absolute atomic E-state index is 12.9. The van der Waals surface area contributed by atoms with E-state index in [1.165, 1.54) is 30.3 Å². The van der Waals surface area contributed by atoms with E-state index in [1.54, 1.807) is 23.8 Å². The zero-order chi connectivity index (χ0) is 104. The first-order valence-corrected chi connectivity index (χ1v) is 56.3. The van der Waals surface area contributed by atoms with Crippen molar-refractivity contribution in [1.82, 2.24) is 43.7 Å². The van der Waals surface area contributed by atoms with Gasteiger partial charge in [-0.15, -0.1) is 192 Å². The van der Waals surface area contributed by atoms with Crippen LogP contribution < -0.4 is 53.1 Å². The van der Waals surface area contributed by atoms with Gasteiger partial charge in [-0.05, 0) is 12.1 Å². The molecule has 0 aliphatic rings. The number of terminal acetylenes is 3. The number of rotatable bonds is 42. The summed E-state index contributed by atoms with van der Waals surface area (Å²) in [5, 5.41) is 7.93. The van der Waals surface area contributed by atoms with E-state index in [2.05, 4.69) is 84.2 Å². The Hall–Kier alpha value is -2.50. The smallest absolute Gasteiger partial charge is 0.506 e. The molecule has 128 heavy (non-hydrogen) atoms. The Kier molecular flexibility index (Phi) is 69.0. The average molecular weight is 2340 g/mol. The fourth-order valence-corrected chi connectivity index (χ4v) is 19.2. The summed E-state index contributed by atoms with van der Waals surface area (Å²) in [6.45, 7) is 3.54. The second kappa shape index (κ2) is 61.7. The summed E-state index contributed by atoms with van der Waals surface area (Å²) >= 11 is 0. The standard InChI is InChI=1S/C6H6F3NO3P2.C6H11F2NO4P2.C6H7F2NO4P2.C3H2F9NO3P2.C3H5F3N2O3P2.C3H6F3NO3P2.C3H4F3NO3P2.C2H3F6NO3P2.CH4FO2P.F4HNO2P2/c7-14(8,11)10-15(9,12)13-6-4-2-1-3-5-6;2*1-3-5-12-14(7,10)9-15(8,11)13-6-4-2;4-2(5,6)1(3(7,8)9)16-18(12,15)13-17(10,11)14;4-12(5,9)8-13(6,10)11-3-1-2-7;2*1-2-3-10-12(6,9)7-11(4,5)8;3-2(4,5)1-12-14(8,11)9-13(6,7)10;1-5(2,3)4;1-8(2,6)5-9(3,4)7/h1-5H,(H,10,11,12);3-4H,1-2,5-6H2,(H,9,10,11);1-2H,5-6H2,(H,9,10,11);1H,(H,13,14,15);1,3H2,(H,8,9,10);2H,1,3H2,(H,7,8,9);1H,3H2,(H,7,8,9);1H2,(H,9,10,11);1H3,(H,3,4);(H,5,6,7)/p-1. The van der Waals surface area contributed by atoms with Crippen molar-refractivity contribution in [2.24, 2.45) is 0 Å². The van der Waals surface area contributed by atoms with E-state index in [-0.39, 0.29) is 26.7 Å². The second-order valence-electron chi connectivity index (χ2n) is 17.9. The van der Waals surface area contributed by atoms with E-state index >= 15 is 0 Å². The van der Waals surface area contributed by atoms with Crippen LogP contribution >= 0.6 is 149 Å². The van der Waals surface area contributed by atoms with Gasteiger partial charge < -0.3 is 14.0 Å². The van der Waals surface area contributed by atoms with Crippen LogP contribution in [0.3, 0.4) is 0 Å². The van der Waals surface area contributed by atoms with Crippen LogP contribution in [0.2, 0.25) is 0 Å². The van der Waals surface area contributed by atoms with Crippen molar-refractivity contribution in [3.63, 3.8) is 0 Å². The molecule has 1 aromatic carbocycles. The Morgan fingerprint density at radius 2 is 0.578 bits per heavy atom. The predicted molar refractivity (Wildman–Crippen MR) is 374 cm³/mol. The number of halogens is 36. The van der Waals surface area contributed by atoms with Crippen molar-refractivity contribution in [2.75, 3.05) is 59.5 Å². The molecule has 0 saturated carbocycles. The van der Waals surface area contributed by atoms with E-state index in [0.29, 0.717) is 26.1 Å². The number of hydrogen-bond acceptors (Lipinski definition) is 31. The van der Waals surface area contributed by atoms with Gasteiger partial charge >= 0.3 is 160 Å². The van der Waals surface area contributed by atoms with Crippen LogP contribution in [0.4, 0.5) is 153 Å². The van der Waals surface area contributed by atoms with Gasteiger partial charge in [0.25, 0.3) is 6.10 Å². The summed E-state index contributed by atoms with van der Waals surface area (Å²) in [6, 6.07) is 8.37. The molecule has 0 aliphatic heterocycles. The molecule has 0 saturated heterocycles. The molecule has 1 rings (SSSR count). The lowest BCUT2D eigenvalue weighted by atomic mass is 10.3. The minimum absolute atomic E-state index is 0.0569. The Morgan fingerprint density at radius 1 is 0.359 bits per heavy atom. The molecule has 95 heteroatoms. The summed E-state index contributed by atoms with van der Waals surface area (Å²) in [4.78, 5) is 12.5. The molecule has 9 N–H and O–H groups in total. The highest BCUT2D eigenvalue weighted by atomic mass is 31.3. The maximum atomic E-state index is 12.9. The highest BCUT2D eigenvalue weighted by Gasteiger charge is 2.61. The summed E-state index contributed by atoms with van der Waals surface area (Å²) in [5.74, 6) is 5.08. The van der Waals surface area contributed by atoms with E-state index in [1.807, 2.05) is 0 Å². The molecule has 1 aromatic rings. The lowest BCUT2D eigenvalue weighted by molar-refractivity contribution is -0.301. The number of benzene rings is 1. The second-order valence-corrected chi connectivity index (χ2v) is 46.1. The van der Waals surface area contributed by atoms with Crippen LogP contribution in [0.1, 0.15) is 6.42 Å². The molecule has 0 spiro atoms. The number of para-hydroxylation sites is 1. The molecular weight excluding hydrogens is 2290 g/mol. The van der Waals surface area contributed by atoms with E-state index < -0.39 is 227 Å². The van der Waals surface area contributed by atoms with Gasteiger partial charge in [-0.3, -0.25) is 40.7 Å². The van der Waals surface area contributed by atoms with Gasteiger partial charge in [-0.1, -0.05) is 54.2 Å². The monoisotopic (exact) mass is 2340 g/mol. The normalized spacial score (nSPS) is 17.2. The Balaban J connectivity index is -0.000000177. The predicted octanol–water partition coefficient (Wildman–Crippen LogP) is 27.1. The van der Waals surface area contributed by atoms with Crippen LogP contribution in [-0.4, -0.2) is 84.2 Å². The Bertz CT molecular complexity index is 4660. The van der Waals surface area contributed by atoms with Gasteiger partial charge in [0.05, 0.1) is 38.9 Å². The van der Waals surface area contributed by atoms with Gasteiger partial charge in [-0.2, -0.15) is 44.8 Å². The first-order chi connectivity index (χ1) is 55.9. The van der Waals surface area contributed by atoms with Gasteiger partial charge in [-0.25, -0.2) is 86.4 Å². The third-order valence-electron chi connectivity index (χ3n) is 6.81. The third-order valence-corrected chi connectivity index (χ3v) is 28.5. The summed E-state index contributed by atoms with van der Waals surface area (Å²) in [6.07, 6.45) is -5.64. The zero-order valence-corrected chi connectivity index (χ0v) is 76.7. The maximum Gasteiger partial charge on any atom is 0.506 e. The number of nitrogens with one attached hydrogen (secondary N) is 9. The SMILES string of the molecule is C#CCOP(=O)(F)NP(=O)(F)F.C#CCOP(=O)(F)NP(=O)(F)OCC#C.C=CCOP(=O)(F)NP(=O)(F)F.C=CCOP(=O)(F)NP(=O)(F)OCC=C.CP(=O)([O-])F.N#CCCOP(=O)(F)NP(=O)(F)F.O=P(F)(F)NP(=O)(F)F.O=P(F)(F)NP(=O)(F)OC(C(F)(F)F)C(F)(F)F.O=P(F)(F)NP(=O)(F)OCC(F)(F)F.O=P(F)(F)NP(=O)(F)Oc1ccccc1. The zero-order valence-electron chi connectivity index (χ0n) is 59.7. The van der Waals surface area contributed by atoms with Crippen LogP contribution in [-0.2, 0) is 127 Å². The lowest BCUT2D eigenvalue weighted by Crippen LogP contribution is -2.43. The highest BCUT2D eigenvalue weighted by molar-refractivity contribution is 7.70. The molecule has 40 nitrogen and oxygen atoms in total. The Morgan fingerprint density at radius 3 is 0.797 bits per heavy atom. The van der Waals surface area contributed by atoms with Crippen molar-refractivity contribution in [2.45, 2.75) is 31.1 Å². The van der Waals surface area contributed by atoms with Crippen molar-refractivity contribution in [3.8, 4) is 48.9 Å². The Labute approximate surface area is 693 Å². The molecular formula is C33H48F36N10O30P19-. The van der Waals surface area contributed by atoms with Gasteiger partial charge in [0.15, 0.2) is 14.3 Å². The van der Waals surface area contributed by atoms with E-state index in [4.69, 9.17) is 23.9 Å².